The molecule has 0 spiro atoms. The standard InChI is InChI=1S/C30H29BrN4O6/c1-40-26-16-19(14-15-25(26)41-30(39)20-8-7-9-21(31)17-20)18-32-35-29(38)28(37)34-24-13-6-5-12-23(24)27(36)33-22-10-3-2-4-11-22/h5-9,12-18,22H,2-4,10-11H2,1H3,(H,33,36)(H,34,37)(H,35,38)/b32-18-. The maximum Gasteiger partial charge on any atom is 0.343 e. The molecule has 3 aromatic carbocycles. The summed E-state index contributed by atoms with van der Waals surface area (Å²) in [7, 11) is 1.42. The molecule has 4 rings (SSSR count). The van der Waals surface area contributed by atoms with Crippen LogP contribution in [0, 0.1) is 0 Å². The molecule has 10 nitrogen and oxygen atoms in total. The van der Waals surface area contributed by atoms with Crippen molar-refractivity contribution in [2.24, 2.45) is 5.10 Å². The lowest BCUT2D eigenvalue weighted by atomic mass is 9.95. The van der Waals surface area contributed by atoms with E-state index in [0.29, 0.717) is 11.1 Å². The third-order valence-corrected chi connectivity index (χ3v) is 6.89. The molecule has 3 N–H and O–H groups in total. The number of esters is 1. The third kappa shape index (κ3) is 8.24. The SMILES string of the molecule is COc1cc(/C=N\NC(=O)C(=O)Nc2ccccc2C(=O)NC2CCCCC2)ccc1OC(=O)c1cccc(Br)c1. The Balaban J connectivity index is 1.34. The Morgan fingerprint density at radius 3 is 2.44 bits per heavy atom. The average molecular weight is 621 g/mol. The fourth-order valence-corrected chi connectivity index (χ4v) is 4.72. The van der Waals surface area contributed by atoms with Crippen LogP contribution in [0.5, 0.6) is 11.5 Å². The maximum atomic E-state index is 12.8. The zero-order valence-electron chi connectivity index (χ0n) is 22.3. The predicted molar refractivity (Wildman–Crippen MR) is 157 cm³/mol. The summed E-state index contributed by atoms with van der Waals surface area (Å²) >= 11 is 3.32. The first-order chi connectivity index (χ1) is 19.8. The van der Waals surface area contributed by atoms with E-state index in [9.17, 15) is 19.2 Å². The van der Waals surface area contributed by atoms with Crippen LogP contribution in [0.1, 0.15) is 58.4 Å². The summed E-state index contributed by atoms with van der Waals surface area (Å²) < 4.78 is 11.5. The molecule has 41 heavy (non-hydrogen) atoms. The zero-order valence-corrected chi connectivity index (χ0v) is 23.9. The van der Waals surface area contributed by atoms with E-state index in [-0.39, 0.29) is 34.7 Å². The minimum atomic E-state index is -1.02. The van der Waals surface area contributed by atoms with Gasteiger partial charge in [0.15, 0.2) is 11.5 Å². The summed E-state index contributed by atoms with van der Waals surface area (Å²) in [6, 6.07) is 18.1. The van der Waals surface area contributed by atoms with Crippen LogP contribution in [0.4, 0.5) is 5.69 Å². The van der Waals surface area contributed by atoms with Crippen LogP contribution in [0.15, 0.2) is 76.3 Å². The molecule has 0 aromatic heterocycles. The Morgan fingerprint density at radius 1 is 0.902 bits per heavy atom. The monoisotopic (exact) mass is 620 g/mol. The van der Waals surface area contributed by atoms with Crippen molar-refractivity contribution >= 4 is 51.5 Å². The first-order valence-corrected chi connectivity index (χ1v) is 13.8. The highest BCUT2D eigenvalue weighted by atomic mass is 79.9. The second-order valence-corrected chi connectivity index (χ2v) is 10.2. The number of carbonyl (C=O) groups is 4. The van der Waals surface area contributed by atoms with Crippen molar-refractivity contribution in [2.75, 3.05) is 12.4 Å². The Bertz CT molecular complexity index is 1470. The van der Waals surface area contributed by atoms with Crippen molar-refractivity contribution in [3.63, 3.8) is 0 Å². The van der Waals surface area contributed by atoms with Gasteiger partial charge >= 0.3 is 17.8 Å². The van der Waals surface area contributed by atoms with Crippen molar-refractivity contribution in [2.45, 2.75) is 38.1 Å². The van der Waals surface area contributed by atoms with Gasteiger partial charge in [-0.1, -0.05) is 53.4 Å². The number of hydrogen-bond donors (Lipinski definition) is 3. The summed E-state index contributed by atoms with van der Waals surface area (Å²) in [6.07, 6.45) is 6.46. The predicted octanol–water partition coefficient (Wildman–Crippen LogP) is 4.83. The minimum Gasteiger partial charge on any atom is -0.493 e. The van der Waals surface area contributed by atoms with Crippen LogP contribution < -0.4 is 25.5 Å². The van der Waals surface area contributed by atoms with E-state index in [4.69, 9.17) is 9.47 Å². The molecule has 1 fully saturated rings. The van der Waals surface area contributed by atoms with Gasteiger partial charge in [-0.2, -0.15) is 5.10 Å². The second kappa shape index (κ2) is 14.2. The number of anilines is 1. The summed E-state index contributed by atoms with van der Waals surface area (Å²) in [4.78, 5) is 50.2. The van der Waals surface area contributed by atoms with E-state index in [2.05, 4.69) is 37.1 Å². The van der Waals surface area contributed by atoms with Crippen LogP contribution >= 0.6 is 15.9 Å². The molecule has 0 saturated heterocycles. The van der Waals surface area contributed by atoms with Crippen LogP contribution in [-0.4, -0.2) is 43.1 Å². The summed E-state index contributed by atoms with van der Waals surface area (Å²) in [5.41, 5.74) is 3.53. The topological polar surface area (TPSA) is 135 Å². The number of amides is 3. The van der Waals surface area contributed by atoms with Crippen molar-refractivity contribution in [1.82, 2.24) is 10.7 Å². The van der Waals surface area contributed by atoms with E-state index < -0.39 is 17.8 Å². The van der Waals surface area contributed by atoms with E-state index >= 15 is 0 Å². The summed E-state index contributed by atoms with van der Waals surface area (Å²) in [6.45, 7) is 0. The molecule has 3 aromatic rings. The van der Waals surface area contributed by atoms with Crippen molar-refractivity contribution < 1.29 is 28.7 Å². The molecule has 3 amide bonds. The normalized spacial score (nSPS) is 13.3. The molecule has 0 atom stereocenters. The molecule has 0 unspecified atom stereocenters. The number of methoxy groups -OCH3 is 1. The molecule has 212 valence electrons. The lowest BCUT2D eigenvalue weighted by molar-refractivity contribution is -0.136. The molecule has 0 aliphatic heterocycles. The smallest absolute Gasteiger partial charge is 0.343 e. The first-order valence-electron chi connectivity index (χ1n) is 13.0. The lowest BCUT2D eigenvalue weighted by Crippen LogP contribution is -2.37. The Labute approximate surface area is 245 Å². The number of benzene rings is 3. The van der Waals surface area contributed by atoms with Crippen molar-refractivity contribution in [3.05, 3.63) is 87.9 Å². The van der Waals surface area contributed by atoms with Gasteiger partial charge in [-0.3, -0.25) is 14.4 Å². The maximum absolute atomic E-state index is 12.8. The number of para-hydroxylation sites is 1. The molecular formula is C30H29BrN4O6. The molecule has 0 radical (unpaired) electrons. The largest absolute Gasteiger partial charge is 0.493 e. The molecule has 0 bridgehead atoms. The van der Waals surface area contributed by atoms with Gasteiger partial charge in [0.1, 0.15) is 0 Å². The third-order valence-electron chi connectivity index (χ3n) is 6.40. The lowest BCUT2D eigenvalue weighted by Gasteiger charge is -2.23. The van der Waals surface area contributed by atoms with Gasteiger partial charge in [0.25, 0.3) is 5.91 Å². The Kier molecular flexibility index (Phi) is 10.2. The van der Waals surface area contributed by atoms with Crippen molar-refractivity contribution in [1.29, 1.82) is 0 Å². The number of halogens is 1. The highest BCUT2D eigenvalue weighted by molar-refractivity contribution is 9.10. The zero-order chi connectivity index (χ0) is 29.2. The summed E-state index contributed by atoms with van der Waals surface area (Å²) in [5, 5.41) is 9.32. The fourth-order valence-electron chi connectivity index (χ4n) is 4.32. The molecule has 11 heteroatoms. The van der Waals surface area contributed by atoms with Gasteiger partial charge < -0.3 is 20.1 Å². The van der Waals surface area contributed by atoms with Gasteiger partial charge in [0.05, 0.1) is 30.1 Å². The molecule has 1 aliphatic rings. The minimum absolute atomic E-state index is 0.101. The number of nitrogens with zero attached hydrogens (tertiary/aromatic N) is 1. The average Bonchev–Trinajstić information content (AvgIpc) is 2.98. The van der Waals surface area contributed by atoms with Crippen molar-refractivity contribution in [3.8, 4) is 11.5 Å². The van der Waals surface area contributed by atoms with E-state index in [1.807, 2.05) is 0 Å². The van der Waals surface area contributed by atoms with E-state index in [1.54, 1.807) is 60.7 Å². The fraction of sp³-hybridized carbons (Fsp3) is 0.233. The first kappa shape index (κ1) is 29.5. The number of hydrazone groups is 1. The quantitative estimate of drug-likeness (QED) is 0.109. The van der Waals surface area contributed by atoms with E-state index in [0.717, 1.165) is 36.6 Å². The van der Waals surface area contributed by atoms with Crippen LogP contribution in [0.3, 0.4) is 0 Å². The highest BCUT2D eigenvalue weighted by Crippen LogP contribution is 2.28. The van der Waals surface area contributed by atoms with Gasteiger partial charge in [-0.25, -0.2) is 10.2 Å². The molecular weight excluding hydrogens is 592 g/mol. The van der Waals surface area contributed by atoms with Gasteiger partial charge in [0.2, 0.25) is 0 Å². The summed E-state index contributed by atoms with van der Waals surface area (Å²) in [5.74, 6) is -2.39. The second-order valence-electron chi connectivity index (χ2n) is 9.32. The van der Waals surface area contributed by atoms with E-state index in [1.165, 1.54) is 19.4 Å². The van der Waals surface area contributed by atoms with Gasteiger partial charge in [0, 0.05) is 10.5 Å². The number of hydrogen-bond acceptors (Lipinski definition) is 7. The van der Waals surface area contributed by atoms with Crippen LogP contribution in [0.25, 0.3) is 0 Å². The number of carbonyl (C=O) groups excluding carboxylic acids is 4. The van der Waals surface area contributed by atoms with Crippen LogP contribution in [-0.2, 0) is 9.59 Å². The molecule has 0 heterocycles. The van der Waals surface area contributed by atoms with Crippen LogP contribution in [0.2, 0.25) is 0 Å². The van der Waals surface area contributed by atoms with Gasteiger partial charge in [-0.15, -0.1) is 0 Å². The molecule has 1 saturated carbocycles. The number of ether oxygens (including phenoxy) is 2. The molecule has 1 aliphatic carbocycles. The van der Waals surface area contributed by atoms with Gasteiger partial charge in [-0.05, 0) is 66.9 Å². The Morgan fingerprint density at radius 2 is 1.68 bits per heavy atom. The number of rotatable bonds is 8. The Hall–Kier alpha value is -4.51. The highest BCUT2D eigenvalue weighted by Gasteiger charge is 2.21. The number of nitrogens with one attached hydrogen (secondary N) is 3.